The molecule has 4 aliphatic rings. The number of carbonyl (C=O) groups is 1. The van der Waals surface area contributed by atoms with Gasteiger partial charge in [0.05, 0.1) is 16.5 Å². The van der Waals surface area contributed by atoms with E-state index in [4.69, 9.17) is 16.1 Å². The third kappa shape index (κ3) is 4.80. The van der Waals surface area contributed by atoms with Gasteiger partial charge in [-0.2, -0.15) is 9.97 Å². The molecule has 4 saturated heterocycles. The number of aliphatic hydroxyl groups is 1. The van der Waals surface area contributed by atoms with Gasteiger partial charge in [-0.1, -0.05) is 12.0 Å². The van der Waals surface area contributed by atoms with Crippen molar-refractivity contribution < 1.29 is 32.9 Å². The summed E-state index contributed by atoms with van der Waals surface area (Å²) in [6.07, 6.45) is 9.66. The Hall–Kier alpha value is -4.67. The number of terminal acetylenes is 1. The summed E-state index contributed by atoms with van der Waals surface area (Å²) in [7, 11) is 0. The summed E-state index contributed by atoms with van der Waals surface area (Å²) in [6, 6.07) is 4.91. The van der Waals surface area contributed by atoms with Gasteiger partial charge in [0.1, 0.15) is 48.0 Å². The summed E-state index contributed by atoms with van der Waals surface area (Å²) in [4.78, 5) is 32.1. The van der Waals surface area contributed by atoms with Crippen molar-refractivity contribution in [2.24, 2.45) is 0 Å². The number of anilines is 1. The van der Waals surface area contributed by atoms with Crippen LogP contribution in [0.4, 0.5) is 19.0 Å². The Kier molecular flexibility index (Phi) is 7.34. The number of rotatable bonds is 6. The van der Waals surface area contributed by atoms with Crippen molar-refractivity contribution in [2.75, 3.05) is 44.3 Å². The first kappa shape index (κ1) is 30.7. The predicted molar refractivity (Wildman–Crippen MR) is 171 cm³/mol. The number of halogens is 3. The lowest BCUT2D eigenvalue weighted by Gasteiger charge is -2.41. The first-order chi connectivity index (χ1) is 23.2. The van der Waals surface area contributed by atoms with E-state index in [1.54, 1.807) is 4.90 Å². The van der Waals surface area contributed by atoms with E-state index in [1.807, 2.05) is 4.90 Å². The summed E-state index contributed by atoms with van der Waals surface area (Å²) in [5, 5.41) is 21.0. The third-order valence-corrected chi connectivity index (χ3v) is 10.5. The second kappa shape index (κ2) is 11.5. The van der Waals surface area contributed by atoms with Crippen LogP contribution >= 0.6 is 0 Å². The zero-order valence-corrected chi connectivity index (χ0v) is 26.0. The van der Waals surface area contributed by atoms with Crippen molar-refractivity contribution >= 4 is 33.4 Å². The number of fused-ring (bicyclic) bond motifs is 5. The number of aromatic hydroxyl groups is 1. The summed E-state index contributed by atoms with van der Waals surface area (Å²) in [5.74, 6) is 0.679. The number of phenols is 1. The molecule has 48 heavy (non-hydrogen) atoms. The highest BCUT2D eigenvalue weighted by Crippen LogP contribution is 2.42. The van der Waals surface area contributed by atoms with E-state index < -0.39 is 30.0 Å². The first-order valence-electron chi connectivity index (χ1n) is 16.2. The fourth-order valence-corrected chi connectivity index (χ4v) is 8.48. The van der Waals surface area contributed by atoms with Crippen LogP contribution in [0.15, 0.2) is 30.5 Å². The smallest absolute Gasteiger partial charge is 0.319 e. The topological polar surface area (TPSA) is 115 Å². The van der Waals surface area contributed by atoms with Gasteiger partial charge in [0, 0.05) is 55.3 Å². The van der Waals surface area contributed by atoms with Gasteiger partial charge < -0.3 is 24.7 Å². The molecule has 10 nitrogen and oxygen atoms in total. The molecule has 4 fully saturated rings. The summed E-state index contributed by atoms with van der Waals surface area (Å²) >= 11 is 0. The minimum atomic E-state index is -0.962. The van der Waals surface area contributed by atoms with E-state index in [9.17, 15) is 23.8 Å². The van der Waals surface area contributed by atoms with Gasteiger partial charge in [-0.05, 0) is 55.8 Å². The Labute approximate surface area is 274 Å². The number of amides is 1. The lowest BCUT2D eigenvalue weighted by molar-refractivity contribution is -0.137. The number of piperazine rings is 1. The van der Waals surface area contributed by atoms with Gasteiger partial charge in [0.2, 0.25) is 5.91 Å². The Morgan fingerprint density at radius 2 is 1.94 bits per heavy atom. The first-order valence-corrected chi connectivity index (χ1v) is 16.2. The molecule has 6 heterocycles. The molecular formula is C35H33F3N6O4. The fourth-order valence-electron chi connectivity index (χ4n) is 8.48. The largest absolute Gasteiger partial charge is 0.508 e. The number of aliphatic hydroxyl groups excluding tert-OH is 1. The molecule has 13 heteroatoms. The Morgan fingerprint density at radius 1 is 1.15 bits per heavy atom. The maximum absolute atomic E-state index is 16.9. The third-order valence-electron chi connectivity index (χ3n) is 10.5. The maximum atomic E-state index is 16.9. The van der Waals surface area contributed by atoms with E-state index in [0.717, 1.165) is 32.2 Å². The molecule has 0 aliphatic carbocycles. The van der Waals surface area contributed by atoms with Gasteiger partial charge in [0.25, 0.3) is 0 Å². The molecule has 1 amide bonds. The standard InChI is InChI=1S/C35H33F3N6O4/c1-2-24-27(37)7-4-19-10-23(46)11-25(29(19)24)31-30(38)32-26(13-39-31)33(42-15-21-5-6-22(16-42)44(21)28(47)17-45)41-34(40-32)48-18-35-8-3-9-43(35)14-20(36)12-35/h1,4,7,10-11,13,20-22,45-46H,3,5-6,8-9,12,14-18H2/t20-,21-,22+,35+/m1/s1. The average molecular weight is 659 g/mol. The van der Waals surface area contributed by atoms with Crippen molar-refractivity contribution in [1.29, 1.82) is 0 Å². The van der Waals surface area contributed by atoms with E-state index in [1.165, 1.54) is 30.5 Å². The molecule has 2 N–H and O–H groups in total. The van der Waals surface area contributed by atoms with Gasteiger partial charge in [-0.25, -0.2) is 13.2 Å². The van der Waals surface area contributed by atoms with Gasteiger partial charge >= 0.3 is 6.01 Å². The van der Waals surface area contributed by atoms with Crippen LogP contribution in [0, 0.1) is 24.0 Å². The van der Waals surface area contributed by atoms with Crippen LogP contribution in [-0.2, 0) is 4.79 Å². The van der Waals surface area contributed by atoms with Crippen molar-refractivity contribution in [3.05, 3.63) is 47.7 Å². The van der Waals surface area contributed by atoms with Crippen molar-refractivity contribution in [3.8, 4) is 35.4 Å². The van der Waals surface area contributed by atoms with Gasteiger partial charge in [0.15, 0.2) is 5.82 Å². The molecule has 2 aromatic carbocycles. The van der Waals surface area contributed by atoms with Crippen LogP contribution in [0.2, 0.25) is 0 Å². The number of nitrogens with zero attached hydrogens (tertiary/aromatic N) is 6. The van der Waals surface area contributed by atoms with Crippen LogP contribution < -0.4 is 9.64 Å². The molecule has 2 aromatic heterocycles. The molecule has 0 spiro atoms. The summed E-state index contributed by atoms with van der Waals surface area (Å²) in [6.45, 7) is 1.45. The predicted octanol–water partition coefficient (Wildman–Crippen LogP) is 3.94. The molecule has 8 rings (SSSR count). The molecule has 248 valence electrons. The second-order valence-electron chi connectivity index (χ2n) is 13.3. The normalized spacial score (nSPS) is 25.2. The number of aromatic nitrogens is 3. The van der Waals surface area contributed by atoms with Crippen molar-refractivity contribution in [3.63, 3.8) is 0 Å². The minimum Gasteiger partial charge on any atom is -0.508 e. The number of carbonyl (C=O) groups excluding carboxylic acids is 1. The molecule has 4 aliphatic heterocycles. The van der Waals surface area contributed by atoms with Gasteiger partial charge in [-0.15, -0.1) is 6.42 Å². The molecule has 0 unspecified atom stereocenters. The van der Waals surface area contributed by atoms with Crippen LogP contribution in [0.5, 0.6) is 11.8 Å². The molecule has 2 bridgehead atoms. The van der Waals surface area contributed by atoms with E-state index in [0.29, 0.717) is 42.6 Å². The number of benzene rings is 2. The Morgan fingerprint density at radius 3 is 2.69 bits per heavy atom. The number of pyridine rings is 1. The van der Waals surface area contributed by atoms with Crippen LogP contribution in [0.3, 0.4) is 0 Å². The lowest BCUT2D eigenvalue weighted by Crippen LogP contribution is -2.56. The molecule has 4 atom stereocenters. The van der Waals surface area contributed by atoms with E-state index in [-0.39, 0.29) is 64.1 Å². The van der Waals surface area contributed by atoms with Crippen LogP contribution in [-0.4, -0.2) is 104 Å². The minimum absolute atomic E-state index is 0.0885. The highest BCUT2D eigenvalue weighted by molar-refractivity contribution is 6.03. The SMILES string of the molecule is C#Cc1c(F)ccc2cc(O)cc(-c3ncc4c(N5C[C@H]6CC[C@@H](C5)N6C(=O)CO)nc(OC[C@@]56CCCN5C[C@H](F)C6)nc4c3F)c12. The van der Waals surface area contributed by atoms with Crippen molar-refractivity contribution in [1.82, 2.24) is 24.8 Å². The zero-order chi connectivity index (χ0) is 33.3. The lowest BCUT2D eigenvalue weighted by atomic mass is 9.95. The summed E-state index contributed by atoms with van der Waals surface area (Å²) < 4.78 is 52.4. The fraction of sp³-hybridized carbons (Fsp3) is 0.429. The monoisotopic (exact) mass is 658 g/mol. The zero-order valence-electron chi connectivity index (χ0n) is 26.0. The van der Waals surface area contributed by atoms with Crippen LogP contribution in [0.25, 0.3) is 32.9 Å². The molecular weight excluding hydrogens is 625 g/mol. The van der Waals surface area contributed by atoms with Gasteiger partial charge in [-0.3, -0.25) is 14.7 Å². The number of hydrogen-bond acceptors (Lipinski definition) is 9. The quantitative estimate of drug-likeness (QED) is 0.298. The number of phenolic OH excluding ortho intramolecular Hbond substituents is 1. The van der Waals surface area contributed by atoms with E-state index >= 15 is 4.39 Å². The molecule has 4 aromatic rings. The number of hydrogen-bond donors (Lipinski definition) is 2. The second-order valence-corrected chi connectivity index (χ2v) is 13.3. The van der Waals surface area contributed by atoms with Crippen molar-refractivity contribution in [2.45, 2.75) is 55.9 Å². The molecule has 0 radical (unpaired) electrons. The van der Waals surface area contributed by atoms with Crippen LogP contribution in [0.1, 0.15) is 37.7 Å². The summed E-state index contributed by atoms with van der Waals surface area (Å²) in [5.41, 5.74) is -0.798. The highest BCUT2D eigenvalue weighted by Gasteiger charge is 2.49. The molecule has 0 saturated carbocycles. The highest BCUT2D eigenvalue weighted by atomic mass is 19.1. The maximum Gasteiger partial charge on any atom is 0.319 e. The number of alkyl halides is 1. The average Bonchev–Trinajstić information content (AvgIpc) is 3.69. The number of ether oxygens (including phenoxy) is 1. The Balaban J connectivity index is 1.26. The Bertz CT molecular complexity index is 2010. The van der Waals surface area contributed by atoms with E-state index in [2.05, 4.69) is 20.8 Å².